The van der Waals surface area contributed by atoms with Crippen LogP contribution in [0.4, 0.5) is 5.69 Å². The molecule has 26 heavy (non-hydrogen) atoms. The lowest BCUT2D eigenvalue weighted by Gasteiger charge is -2.05. The summed E-state index contributed by atoms with van der Waals surface area (Å²) < 4.78 is 0. The molecule has 0 spiro atoms. The minimum atomic E-state index is 0.0556. The van der Waals surface area contributed by atoms with E-state index in [9.17, 15) is 0 Å². The lowest BCUT2D eigenvalue weighted by atomic mass is 10.0. The molecule has 3 rings (SSSR count). The molecule has 0 bridgehead atoms. The fourth-order valence-electron chi connectivity index (χ4n) is 2.50. The molecule has 3 aromatic carbocycles. The Morgan fingerprint density at radius 2 is 1.46 bits per heavy atom. The fraction of sp³-hybridized carbons (Fsp3) is 0.0455. The highest BCUT2D eigenvalue weighted by Gasteiger charge is 1.99. The summed E-state index contributed by atoms with van der Waals surface area (Å²) in [6.07, 6.45) is 3.61. The molecule has 0 heterocycles. The van der Waals surface area contributed by atoms with E-state index in [1.807, 2.05) is 66.7 Å². The van der Waals surface area contributed by atoms with Gasteiger partial charge in [-0.1, -0.05) is 66.2 Å². The predicted molar refractivity (Wildman–Crippen MR) is 110 cm³/mol. The third-order valence-electron chi connectivity index (χ3n) is 3.95. The van der Waals surface area contributed by atoms with Gasteiger partial charge in [-0.15, -0.1) is 0 Å². The van der Waals surface area contributed by atoms with E-state index >= 15 is 0 Å². The lowest BCUT2D eigenvalue weighted by molar-refractivity contribution is 0.282. The third kappa shape index (κ3) is 4.82. The zero-order chi connectivity index (χ0) is 18.4. The summed E-state index contributed by atoms with van der Waals surface area (Å²) in [6, 6.07) is 23.2. The van der Waals surface area contributed by atoms with Gasteiger partial charge < -0.3 is 10.4 Å². The minimum Gasteiger partial charge on any atom is -0.392 e. The number of aliphatic hydroxyl groups excluding tert-OH is 1. The van der Waals surface area contributed by atoms with Gasteiger partial charge in [0.2, 0.25) is 0 Å². The van der Waals surface area contributed by atoms with Gasteiger partial charge in [0.25, 0.3) is 0 Å². The summed E-state index contributed by atoms with van der Waals surface area (Å²) in [4.78, 5) is 0. The van der Waals surface area contributed by atoms with Crippen molar-refractivity contribution in [2.45, 2.75) is 6.61 Å². The first-order chi connectivity index (χ1) is 12.6. The van der Waals surface area contributed by atoms with Gasteiger partial charge in [-0.05, 0) is 52.6 Å². The van der Waals surface area contributed by atoms with Gasteiger partial charge in [0.1, 0.15) is 5.84 Å². The van der Waals surface area contributed by atoms with Gasteiger partial charge >= 0.3 is 0 Å². The van der Waals surface area contributed by atoms with E-state index < -0.39 is 0 Å². The van der Waals surface area contributed by atoms with Crippen LogP contribution < -0.4 is 5.32 Å². The molecule has 4 heteroatoms. The molecule has 0 aliphatic carbocycles. The van der Waals surface area contributed by atoms with Crippen LogP contribution in [0.2, 0.25) is 5.02 Å². The van der Waals surface area contributed by atoms with Crippen molar-refractivity contribution in [3.63, 3.8) is 0 Å². The van der Waals surface area contributed by atoms with E-state index in [-0.39, 0.29) is 6.61 Å². The first kappa shape index (κ1) is 17.9. The molecule has 0 unspecified atom stereocenters. The zero-order valence-electron chi connectivity index (χ0n) is 14.1. The monoisotopic (exact) mass is 362 g/mol. The van der Waals surface area contributed by atoms with E-state index in [1.54, 1.807) is 18.2 Å². The molecular formula is C22H19ClN2O. The molecule has 3 aromatic rings. The number of nitrogens with one attached hydrogen (secondary N) is 2. The number of aliphatic hydroxyl groups is 1. The van der Waals surface area contributed by atoms with Crippen molar-refractivity contribution in [1.82, 2.24) is 0 Å². The minimum absolute atomic E-state index is 0.0556. The second kappa shape index (κ2) is 8.48. The first-order valence-electron chi connectivity index (χ1n) is 8.23. The smallest absolute Gasteiger partial charge is 0.122 e. The van der Waals surface area contributed by atoms with E-state index in [0.717, 1.165) is 27.9 Å². The highest BCUT2D eigenvalue weighted by Crippen LogP contribution is 2.21. The Kier molecular flexibility index (Phi) is 5.84. The summed E-state index contributed by atoms with van der Waals surface area (Å²) in [6.45, 7) is 0.0556. The van der Waals surface area contributed by atoms with Crippen LogP contribution in [0.5, 0.6) is 0 Å². The van der Waals surface area contributed by atoms with Crippen molar-refractivity contribution < 1.29 is 5.11 Å². The van der Waals surface area contributed by atoms with Crippen LogP contribution in [0, 0.1) is 5.41 Å². The van der Waals surface area contributed by atoms with Crippen LogP contribution in [0.1, 0.15) is 11.1 Å². The molecule has 3 N–H and O–H groups in total. The average Bonchev–Trinajstić information content (AvgIpc) is 2.69. The molecule has 130 valence electrons. The Morgan fingerprint density at radius 3 is 2.04 bits per heavy atom. The maximum Gasteiger partial charge on any atom is 0.122 e. The number of hydrogen-bond acceptors (Lipinski definition) is 2. The van der Waals surface area contributed by atoms with Crippen molar-refractivity contribution in [2.24, 2.45) is 0 Å². The SMILES string of the molecule is N=C(/C=C/c1ccc(-c2ccc(CO)cc2)cc1)Nc1ccc(Cl)cc1. The molecule has 0 radical (unpaired) electrons. The van der Waals surface area contributed by atoms with E-state index in [1.165, 1.54) is 0 Å². The number of hydrogen-bond donors (Lipinski definition) is 3. The molecular weight excluding hydrogens is 344 g/mol. The van der Waals surface area contributed by atoms with Crippen molar-refractivity contribution >= 4 is 29.2 Å². The Morgan fingerprint density at radius 1 is 0.885 bits per heavy atom. The normalized spacial score (nSPS) is 10.8. The third-order valence-corrected chi connectivity index (χ3v) is 4.20. The molecule has 3 nitrogen and oxygen atoms in total. The van der Waals surface area contributed by atoms with Crippen LogP contribution in [0.3, 0.4) is 0 Å². The first-order valence-corrected chi connectivity index (χ1v) is 8.61. The van der Waals surface area contributed by atoms with Crippen LogP contribution in [0.15, 0.2) is 78.9 Å². The fourth-order valence-corrected chi connectivity index (χ4v) is 2.63. The number of rotatable bonds is 5. The summed E-state index contributed by atoms with van der Waals surface area (Å²) >= 11 is 5.85. The quantitative estimate of drug-likeness (QED) is 0.408. The molecule has 0 fully saturated rings. The molecule has 0 atom stereocenters. The molecule has 0 amide bonds. The molecule has 0 aliphatic rings. The maximum atomic E-state index is 9.11. The summed E-state index contributed by atoms with van der Waals surface area (Å²) in [7, 11) is 0. The van der Waals surface area contributed by atoms with Gasteiger partial charge in [-0.25, -0.2) is 0 Å². The number of amidine groups is 1. The van der Waals surface area contributed by atoms with E-state index in [2.05, 4.69) is 5.32 Å². The second-order valence-corrected chi connectivity index (χ2v) is 6.29. The van der Waals surface area contributed by atoms with Crippen molar-refractivity contribution in [3.8, 4) is 11.1 Å². The highest BCUT2D eigenvalue weighted by atomic mass is 35.5. The molecule has 0 saturated carbocycles. The van der Waals surface area contributed by atoms with Gasteiger partial charge in [0.15, 0.2) is 0 Å². The van der Waals surface area contributed by atoms with E-state index in [0.29, 0.717) is 10.9 Å². The Balaban J connectivity index is 1.63. The zero-order valence-corrected chi connectivity index (χ0v) is 14.9. The Labute approximate surface area is 158 Å². The molecule has 0 aromatic heterocycles. The van der Waals surface area contributed by atoms with Crippen LogP contribution in [-0.4, -0.2) is 10.9 Å². The Bertz CT molecular complexity index is 898. The summed E-state index contributed by atoms with van der Waals surface area (Å²) in [5.41, 5.74) is 4.96. The van der Waals surface area contributed by atoms with Crippen LogP contribution in [0.25, 0.3) is 17.2 Å². The number of halogens is 1. The van der Waals surface area contributed by atoms with Gasteiger partial charge in [-0.3, -0.25) is 5.41 Å². The van der Waals surface area contributed by atoms with Crippen LogP contribution in [-0.2, 0) is 6.61 Å². The van der Waals surface area contributed by atoms with Crippen molar-refractivity contribution in [2.75, 3.05) is 5.32 Å². The summed E-state index contributed by atoms with van der Waals surface area (Å²) in [5.74, 6) is 0.302. The predicted octanol–water partition coefficient (Wildman–Crippen LogP) is 5.60. The number of benzene rings is 3. The average molecular weight is 363 g/mol. The van der Waals surface area contributed by atoms with Gasteiger partial charge in [0, 0.05) is 10.7 Å². The second-order valence-electron chi connectivity index (χ2n) is 5.86. The highest BCUT2D eigenvalue weighted by molar-refractivity contribution is 6.30. The largest absolute Gasteiger partial charge is 0.392 e. The topological polar surface area (TPSA) is 56.1 Å². The van der Waals surface area contributed by atoms with Crippen LogP contribution >= 0.6 is 11.6 Å². The lowest BCUT2D eigenvalue weighted by Crippen LogP contribution is -2.06. The van der Waals surface area contributed by atoms with Crippen molar-refractivity contribution in [1.29, 1.82) is 5.41 Å². The summed E-state index contributed by atoms with van der Waals surface area (Å²) in [5, 5.41) is 20.8. The number of anilines is 1. The van der Waals surface area contributed by atoms with E-state index in [4.69, 9.17) is 22.1 Å². The standard InChI is InChI=1S/C22H19ClN2O/c23-20-10-12-21(13-11-20)25-22(24)14-5-16-1-6-18(7-2-16)19-8-3-17(15-26)4-9-19/h1-14,26H,15H2,(H2,24,25)/b14-5+. The van der Waals surface area contributed by atoms with Gasteiger partial charge in [-0.2, -0.15) is 0 Å². The van der Waals surface area contributed by atoms with Crippen molar-refractivity contribution in [3.05, 3.63) is 95.0 Å². The molecule has 0 saturated heterocycles. The van der Waals surface area contributed by atoms with Gasteiger partial charge in [0.05, 0.1) is 6.61 Å². The Hall–Kier alpha value is -2.88. The molecule has 0 aliphatic heterocycles. The maximum absolute atomic E-state index is 9.11.